The van der Waals surface area contributed by atoms with E-state index in [4.69, 9.17) is 9.15 Å². The summed E-state index contributed by atoms with van der Waals surface area (Å²) in [4.78, 5) is 34.3. The minimum absolute atomic E-state index is 0.147. The van der Waals surface area contributed by atoms with Gasteiger partial charge in [-0.2, -0.15) is 4.98 Å². The Kier molecular flexibility index (Phi) is 4.43. The maximum absolute atomic E-state index is 12.6. The molecule has 0 spiro atoms. The molecule has 0 atom stereocenters. The average molecular weight is 367 g/mol. The number of anilines is 1. The van der Waals surface area contributed by atoms with Crippen molar-refractivity contribution in [2.75, 3.05) is 18.1 Å². The highest BCUT2D eigenvalue weighted by Gasteiger charge is 2.24. The van der Waals surface area contributed by atoms with Gasteiger partial charge < -0.3 is 19.0 Å². The lowest BCUT2D eigenvalue weighted by Crippen LogP contribution is -2.30. The zero-order valence-electron chi connectivity index (χ0n) is 15.4. The van der Waals surface area contributed by atoms with Gasteiger partial charge in [-0.05, 0) is 38.3 Å². The lowest BCUT2D eigenvalue weighted by atomic mass is 10.0. The molecule has 27 heavy (non-hydrogen) atoms. The molecule has 1 aliphatic heterocycles. The molecular weight excluding hydrogens is 346 g/mol. The molecule has 7 heteroatoms. The maximum atomic E-state index is 12.6. The second kappa shape index (κ2) is 6.90. The quantitative estimate of drug-likeness (QED) is 0.713. The van der Waals surface area contributed by atoms with Crippen molar-refractivity contribution in [2.24, 2.45) is 0 Å². The van der Waals surface area contributed by atoms with Crippen LogP contribution in [0.1, 0.15) is 40.9 Å². The van der Waals surface area contributed by atoms with Crippen molar-refractivity contribution in [3.63, 3.8) is 0 Å². The number of benzene rings is 1. The highest BCUT2D eigenvalue weighted by Crippen LogP contribution is 2.28. The third-order valence-corrected chi connectivity index (χ3v) is 4.81. The summed E-state index contributed by atoms with van der Waals surface area (Å²) in [6.07, 6.45) is 2.10. The molecule has 1 aromatic carbocycles. The van der Waals surface area contributed by atoms with Gasteiger partial charge in [0.15, 0.2) is 0 Å². The summed E-state index contributed by atoms with van der Waals surface area (Å²) < 4.78 is 10.6. The number of furan rings is 1. The molecule has 0 bridgehead atoms. The first kappa shape index (κ1) is 17.3. The van der Waals surface area contributed by atoms with Crippen molar-refractivity contribution in [3.05, 3.63) is 57.3 Å². The van der Waals surface area contributed by atoms with Gasteiger partial charge in [-0.25, -0.2) is 4.79 Å². The molecule has 7 nitrogen and oxygen atoms in total. The minimum atomic E-state index is -0.571. The number of fused-ring (bicyclic) bond motifs is 2. The number of hydrogen-bond acceptors (Lipinski definition) is 6. The predicted octanol–water partition coefficient (Wildman–Crippen LogP) is 2.95. The standard InChI is InChI=1S/C20H21N3O4/c1-3-26-20(25)16-12(2)27-19-17(16)18(24)21-15(22-19)11-23-10-6-8-13-7-4-5-9-14(13)23/h4-5,7,9H,3,6,8,10-11H2,1-2H3,(H,21,22,24). The number of hydrogen-bond donors (Lipinski definition) is 1. The molecule has 0 saturated carbocycles. The van der Waals surface area contributed by atoms with Crippen LogP contribution in [0, 0.1) is 6.92 Å². The Morgan fingerprint density at radius 3 is 3.00 bits per heavy atom. The van der Waals surface area contributed by atoms with Gasteiger partial charge in [-0.15, -0.1) is 0 Å². The molecule has 2 aromatic heterocycles. The third-order valence-electron chi connectivity index (χ3n) is 4.81. The Hall–Kier alpha value is -3.09. The topological polar surface area (TPSA) is 88.4 Å². The van der Waals surface area contributed by atoms with E-state index in [0.717, 1.165) is 25.1 Å². The number of carbonyl (C=O) groups is 1. The van der Waals surface area contributed by atoms with Crippen LogP contribution in [0.5, 0.6) is 0 Å². The van der Waals surface area contributed by atoms with Gasteiger partial charge in [0, 0.05) is 12.2 Å². The first-order valence-corrected chi connectivity index (χ1v) is 9.10. The Morgan fingerprint density at radius 1 is 1.37 bits per heavy atom. The van der Waals surface area contributed by atoms with E-state index in [1.807, 2.05) is 12.1 Å². The van der Waals surface area contributed by atoms with Crippen LogP contribution >= 0.6 is 0 Å². The number of nitrogens with zero attached hydrogens (tertiary/aromatic N) is 2. The first-order valence-electron chi connectivity index (χ1n) is 9.10. The molecule has 0 fully saturated rings. The SMILES string of the molecule is CCOC(=O)c1c(C)oc2nc(CN3CCCc4ccccc43)[nH]c(=O)c12. The zero-order valence-corrected chi connectivity index (χ0v) is 15.4. The molecule has 0 radical (unpaired) electrons. The maximum Gasteiger partial charge on any atom is 0.342 e. The van der Waals surface area contributed by atoms with Crippen molar-refractivity contribution >= 4 is 22.8 Å². The van der Waals surface area contributed by atoms with Crippen LogP contribution < -0.4 is 10.5 Å². The zero-order chi connectivity index (χ0) is 19.0. The lowest BCUT2D eigenvalue weighted by Gasteiger charge is -2.30. The van der Waals surface area contributed by atoms with Gasteiger partial charge in [0.1, 0.15) is 22.5 Å². The van der Waals surface area contributed by atoms with Crippen molar-refractivity contribution in [2.45, 2.75) is 33.2 Å². The van der Waals surface area contributed by atoms with Crippen molar-refractivity contribution in [1.82, 2.24) is 9.97 Å². The number of esters is 1. The van der Waals surface area contributed by atoms with E-state index in [1.54, 1.807) is 13.8 Å². The van der Waals surface area contributed by atoms with E-state index in [9.17, 15) is 9.59 Å². The summed E-state index contributed by atoms with van der Waals surface area (Å²) in [5, 5.41) is 0.147. The predicted molar refractivity (Wildman–Crippen MR) is 101 cm³/mol. The Bertz CT molecular complexity index is 1070. The first-order chi connectivity index (χ1) is 13.1. The summed E-state index contributed by atoms with van der Waals surface area (Å²) in [5.74, 6) is 0.272. The van der Waals surface area contributed by atoms with E-state index in [-0.39, 0.29) is 28.8 Å². The van der Waals surface area contributed by atoms with E-state index in [0.29, 0.717) is 18.1 Å². The molecule has 3 heterocycles. The normalized spacial score (nSPS) is 13.6. The van der Waals surface area contributed by atoms with Crippen LogP contribution in [0.15, 0.2) is 33.5 Å². The van der Waals surface area contributed by atoms with Crippen LogP contribution in [0.25, 0.3) is 11.1 Å². The van der Waals surface area contributed by atoms with Gasteiger partial charge >= 0.3 is 5.97 Å². The molecular formula is C20H21N3O4. The lowest BCUT2D eigenvalue weighted by molar-refractivity contribution is 0.0526. The summed E-state index contributed by atoms with van der Waals surface area (Å²) in [6, 6.07) is 8.26. The van der Waals surface area contributed by atoms with Crippen LogP contribution in [-0.2, 0) is 17.7 Å². The summed E-state index contributed by atoms with van der Waals surface area (Å²) in [5.41, 5.74) is 2.38. The smallest absolute Gasteiger partial charge is 0.342 e. The van der Waals surface area contributed by atoms with Gasteiger partial charge in [0.25, 0.3) is 5.56 Å². The average Bonchev–Trinajstić information content (AvgIpc) is 2.99. The van der Waals surface area contributed by atoms with E-state index in [2.05, 4.69) is 27.0 Å². The molecule has 0 aliphatic carbocycles. The number of ether oxygens (including phenoxy) is 1. The van der Waals surface area contributed by atoms with E-state index in [1.165, 1.54) is 5.56 Å². The number of aromatic amines is 1. The van der Waals surface area contributed by atoms with E-state index >= 15 is 0 Å². The van der Waals surface area contributed by atoms with E-state index < -0.39 is 5.97 Å². The molecule has 3 aromatic rings. The van der Waals surface area contributed by atoms with Crippen molar-refractivity contribution in [1.29, 1.82) is 0 Å². The van der Waals surface area contributed by atoms with Gasteiger partial charge in [-0.3, -0.25) is 4.79 Å². The monoisotopic (exact) mass is 367 g/mol. The van der Waals surface area contributed by atoms with Crippen molar-refractivity contribution in [3.8, 4) is 0 Å². The Balaban J connectivity index is 1.71. The molecule has 1 aliphatic rings. The molecule has 4 rings (SSSR count). The number of carbonyl (C=O) groups excluding carboxylic acids is 1. The summed E-state index contributed by atoms with van der Waals surface area (Å²) >= 11 is 0. The van der Waals surface area contributed by atoms with Crippen molar-refractivity contribution < 1.29 is 13.9 Å². The third kappa shape index (κ3) is 3.09. The largest absolute Gasteiger partial charge is 0.462 e. The Labute approximate surface area is 156 Å². The number of para-hydroxylation sites is 1. The highest BCUT2D eigenvalue weighted by atomic mass is 16.5. The number of nitrogens with one attached hydrogen (secondary N) is 1. The second-order valence-corrected chi connectivity index (χ2v) is 6.60. The van der Waals surface area contributed by atoms with Crippen LogP contribution in [0.4, 0.5) is 5.69 Å². The number of rotatable bonds is 4. The summed E-state index contributed by atoms with van der Waals surface area (Å²) in [7, 11) is 0. The van der Waals surface area contributed by atoms with Crippen LogP contribution in [0.2, 0.25) is 0 Å². The number of H-pyrrole nitrogens is 1. The fourth-order valence-electron chi connectivity index (χ4n) is 3.64. The number of aryl methyl sites for hydroxylation is 2. The fraction of sp³-hybridized carbons (Fsp3) is 0.350. The van der Waals surface area contributed by atoms with Gasteiger partial charge in [-0.1, -0.05) is 18.2 Å². The fourth-order valence-corrected chi connectivity index (χ4v) is 3.64. The Morgan fingerprint density at radius 2 is 2.19 bits per heavy atom. The van der Waals surface area contributed by atoms with Crippen LogP contribution in [-0.4, -0.2) is 29.1 Å². The van der Waals surface area contributed by atoms with Gasteiger partial charge in [0.05, 0.1) is 13.2 Å². The molecule has 0 amide bonds. The molecule has 140 valence electrons. The molecule has 1 N–H and O–H groups in total. The molecule has 0 saturated heterocycles. The van der Waals surface area contributed by atoms with Gasteiger partial charge in [0.2, 0.25) is 5.71 Å². The highest BCUT2D eigenvalue weighted by molar-refractivity contribution is 6.03. The number of aromatic nitrogens is 2. The second-order valence-electron chi connectivity index (χ2n) is 6.60. The summed E-state index contributed by atoms with van der Waals surface area (Å²) in [6.45, 7) is 4.93. The minimum Gasteiger partial charge on any atom is -0.462 e. The molecule has 0 unspecified atom stereocenters. The van der Waals surface area contributed by atoms with Crippen LogP contribution in [0.3, 0.4) is 0 Å².